The summed E-state index contributed by atoms with van der Waals surface area (Å²) in [6.07, 6.45) is 5.56. The molecule has 0 aromatic heterocycles. The van der Waals surface area contributed by atoms with Gasteiger partial charge < -0.3 is 24.4 Å². The third-order valence-corrected chi connectivity index (χ3v) is 8.50. The molecule has 3 fully saturated rings. The maximum atomic E-state index is 14.2. The molecular weight excluding hydrogens is 564 g/mol. The number of alkyl halides is 1. The summed E-state index contributed by atoms with van der Waals surface area (Å²) in [6, 6.07) is 5.78. The van der Waals surface area contributed by atoms with E-state index in [9.17, 15) is 19.5 Å². The number of esters is 1. The number of amides is 2. The zero-order chi connectivity index (χ0) is 26.7. The summed E-state index contributed by atoms with van der Waals surface area (Å²) in [5, 5.41) is 10.3. The first-order chi connectivity index (χ1) is 17.8. The Morgan fingerprint density at radius 3 is 2.65 bits per heavy atom. The van der Waals surface area contributed by atoms with E-state index in [1.165, 1.54) is 9.80 Å². The van der Waals surface area contributed by atoms with Crippen molar-refractivity contribution in [1.29, 1.82) is 0 Å². The van der Waals surface area contributed by atoms with Crippen molar-refractivity contribution in [2.45, 2.75) is 48.3 Å². The van der Waals surface area contributed by atoms with Crippen molar-refractivity contribution in [2.24, 2.45) is 11.8 Å². The van der Waals surface area contributed by atoms with Crippen molar-refractivity contribution < 1.29 is 29.0 Å². The standard InChI is InChI=1S/C27H32BrClN2O6/c1-3-5-6-7-15-36-26(35)20-21-24(33)31(13-14-32)23(27(21)16-19(28)22(20)37-27)25(34)30(12-4-2)18-10-8-17(29)9-11-18/h3-4,8-11,19-23,32H,1-2,5-7,12-16H2/t19?,20-,21-,22-,23?,27?/m0/s1. The Kier molecular flexibility index (Phi) is 8.78. The Hall–Kier alpha value is -2.20. The topological polar surface area (TPSA) is 96.4 Å². The van der Waals surface area contributed by atoms with E-state index in [2.05, 4.69) is 29.1 Å². The average molecular weight is 596 g/mol. The Morgan fingerprint density at radius 1 is 1.27 bits per heavy atom. The molecule has 0 saturated carbocycles. The van der Waals surface area contributed by atoms with Crippen molar-refractivity contribution >= 4 is 51.0 Å². The summed E-state index contributed by atoms with van der Waals surface area (Å²) in [4.78, 5) is 43.8. The molecule has 3 aliphatic rings. The molecule has 3 aliphatic heterocycles. The van der Waals surface area contributed by atoms with Crippen molar-refractivity contribution in [1.82, 2.24) is 4.90 Å². The number of allylic oxidation sites excluding steroid dienone is 1. The third-order valence-electron chi connectivity index (χ3n) is 7.40. The molecule has 10 heteroatoms. The molecule has 1 aromatic rings. The summed E-state index contributed by atoms with van der Waals surface area (Å²) in [5.74, 6) is -2.95. The van der Waals surface area contributed by atoms with Crippen LogP contribution in [0.5, 0.6) is 0 Å². The maximum absolute atomic E-state index is 14.2. The fourth-order valence-electron chi connectivity index (χ4n) is 5.91. The molecule has 200 valence electrons. The Labute approximate surface area is 230 Å². The third kappa shape index (κ3) is 4.99. The monoisotopic (exact) mass is 594 g/mol. The van der Waals surface area contributed by atoms with E-state index in [1.807, 2.05) is 6.08 Å². The van der Waals surface area contributed by atoms with E-state index < -0.39 is 35.6 Å². The van der Waals surface area contributed by atoms with E-state index in [4.69, 9.17) is 21.1 Å². The molecule has 6 atom stereocenters. The molecule has 2 bridgehead atoms. The number of hydrogen-bond acceptors (Lipinski definition) is 6. The number of fused-ring (bicyclic) bond motifs is 1. The van der Waals surface area contributed by atoms with Crippen LogP contribution in [0.1, 0.15) is 25.7 Å². The van der Waals surface area contributed by atoms with E-state index in [0.717, 1.165) is 12.8 Å². The molecule has 3 saturated heterocycles. The highest BCUT2D eigenvalue weighted by atomic mass is 79.9. The number of nitrogens with zero attached hydrogens (tertiary/aromatic N) is 2. The summed E-state index contributed by atoms with van der Waals surface area (Å²) in [5.41, 5.74) is -0.635. The largest absolute Gasteiger partial charge is 0.465 e. The van der Waals surface area contributed by atoms with Gasteiger partial charge in [-0.2, -0.15) is 0 Å². The molecule has 0 radical (unpaired) electrons. The zero-order valence-corrected chi connectivity index (χ0v) is 22.9. The number of carbonyl (C=O) groups excluding carboxylic acids is 3. The van der Waals surface area contributed by atoms with Gasteiger partial charge in [0.05, 0.1) is 31.2 Å². The summed E-state index contributed by atoms with van der Waals surface area (Å²) < 4.78 is 12.0. The van der Waals surface area contributed by atoms with Gasteiger partial charge in [0.2, 0.25) is 5.91 Å². The summed E-state index contributed by atoms with van der Waals surface area (Å²) >= 11 is 9.69. The van der Waals surface area contributed by atoms with Crippen LogP contribution < -0.4 is 4.90 Å². The maximum Gasteiger partial charge on any atom is 0.312 e. The first kappa shape index (κ1) is 27.8. The van der Waals surface area contributed by atoms with Crippen LogP contribution in [0.2, 0.25) is 5.02 Å². The molecule has 1 spiro atoms. The number of aliphatic hydroxyl groups is 1. The van der Waals surface area contributed by atoms with Crippen LogP contribution in [0.25, 0.3) is 0 Å². The molecule has 2 amide bonds. The number of ether oxygens (including phenoxy) is 2. The number of benzene rings is 1. The minimum absolute atomic E-state index is 0.0552. The smallest absolute Gasteiger partial charge is 0.312 e. The van der Waals surface area contributed by atoms with Gasteiger partial charge in [0, 0.05) is 28.6 Å². The van der Waals surface area contributed by atoms with E-state index in [0.29, 0.717) is 23.6 Å². The highest BCUT2D eigenvalue weighted by molar-refractivity contribution is 9.09. The van der Waals surface area contributed by atoms with Crippen molar-refractivity contribution in [3.05, 3.63) is 54.6 Å². The average Bonchev–Trinajstić information content (AvgIpc) is 3.46. The van der Waals surface area contributed by atoms with Crippen molar-refractivity contribution in [3.8, 4) is 0 Å². The number of rotatable bonds is 12. The van der Waals surface area contributed by atoms with Crippen LogP contribution >= 0.6 is 27.5 Å². The second-order valence-corrected chi connectivity index (χ2v) is 11.2. The number of anilines is 1. The van der Waals surface area contributed by atoms with Gasteiger partial charge in [-0.3, -0.25) is 14.4 Å². The zero-order valence-electron chi connectivity index (χ0n) is 20.6. The highest BCUT2D eigenvalue weighted by Crippen LogP contribution is 2.60. The minimum atomic E-state index is -1.22. The van der Waals surface area contributed by atoms with Crippen LogP contribution in [0.15, 0.2) is 49.6 Å². The van der Waals surface area contributed by atoms with Crippen LogP contribution in [0, 0.1) is 11.8 Å². The normalized spacial score (nSPS) is 29.8. The Bertz CT molecular complexity index is 1050. The first-order valence-electron chi connectivity index (χ1n) is 12.5. The lowest BCUT2D eigenvalue weighted by molar-refractivity contribution is -0.155. The van der Waals surface area contributed by atoms with Gasteiger partial charge in [0.25, 0.3) is 5.91 Å². The van der Waals surface area contributed by atoms with E-state index >= 15 is 0 Å². The summed E-state index contributed by atoms with van der Waals surface area (Å²) in [7, 11) is 0. The molecule has 3 heterocycles. The fourth-order valence-corrected chi connectivity index (χ4v) is 6.98. The molecule has 3 unspecified atom stereocenters. The minimum Gasteiger partial charge on any atom is -0.465 e. The summed E-state index contributed by atoms with van der Waals surface area (Å²) in [6.45, 7) is 7.52. The second-order valence-electron chi connectivity index (χ2n) is 9.58. The molecule has 1 aromatic carbocycles. The quantitative estimate of drug-likeness (QED) is 0.172. The predicted octanol–water partition coefficient (Wildman–Crippen LogP) is 3.50. The predicted molar refractivity (Wildman–Crippen MR) is 144 cm³/mol. The van der Waals surface area contributed by atoms with Gasteiger partial charge in [-0.1, -0.05) is 39.7 Å². The van der Waals surface area contributed by atoms with Gasteiger partial charge >= 0.3 is 5.97 Å². The number of β-amino-alcohol motifs (C(OH)–C–C–N with tert-alkyl or cyclic N) is 1. The molecule has 37 heavy (non-hydrogen) atoms. The SMILES string of the molecule is C=CCCCCOC(=O)[C@H]1[C@H]2C(=O)N(CCO)C(C(=O)N(CC=C)c3ccc(Cl)cc3)C23CC(Br)[C@@H]1O3. The van der Waals surface area contributed by atoms with E-state index in [1.54, 1.807) is 30.3 Å². The van der Waals surface area contributed by atoms with E-state index in [-0.39, 0.29) is 42.9 Å². The second kappa shape index (κ2) is 11.7. The number of halogens is 2. The number of aliphatic hydroxyl groups excluding tert-OH is 1. The number of likely N-dealkylation sites (tertiary alicyclic amines) is 1. The Morgan fingerprint density at radius 2 is 2.00 bits per heavy atom. The lowest BCUT2D eigenvalue weighted by atomic mass is 9.70. The molecule has 8 nitrogen and oxygen atoms in total. The Balaban J connectivity index is 1.66. The van der Waals surface area contributed by atoms with Crippen LogP contribution in [-0.2, 0) is 23.9 Å². The van der Waals surface area contributed by atoms with Gasteiger partial charge in [-0.25, -0.2) is 0 Å². The van der Waals surface area contributed by atoms with Gasteiger partial charge in [-0.05, 0) is 49.9 Å². The lowest BCUT2D eigenvalue weighted by Gasteiger charge is -2.37. The highest BCUT2D eigenvalue weighted by Gasteiger charge is 2.77. The van der Waals surface area contributed by atoms with Gasteiger partial charge in [-0.15, -0.1) is 13.2 Å². The van der Waals surface area contributed by atoms with Crippen molar-refractivity contribution in [2.75, 3.05) is 31.2 Å². The number of unbranched alkanes of at least 4 members (excludes halogenated alkanes) is 2. The number of carbonyl (C=O) groups is 3. The molecule has 4 rings (SSSR count). The lowest BCUT2D eigenvalue weighted by Crippen LogP contribution is -2.57. The number of hydrogen-bond donors (Lipinski definition) is 1. The van der Waals surface area contributed by atoms with Crippen LogP contribution in [0.3, 0.4) is 0 Å². The first-order valence-corrected chi connectivity index (χ1v) is 13.8. The van der Waals surface area contributed by atoms with Crippen LogP contribution in [-0.4, -0.2) is 76.7 Å². The fraction of sp³-hybridized carbons (Fsp3) is 0.519. The van der Waals surface area contributed by atoms with Crippen LogP contribution in [0.4, 0.5) is 5.69 Å². The van der Waals surface area contributed by atoms with Gasteiger partial charge in [0.1, 0.15) is 11.6 Å². The van der Waals surface area contributed by atoms with Gasteiger partial charge in [0.15, 0.2) is 0 Å². The molecular formula is C27H32BrClN2O6. The van der Waals surface area contributed by atoms with Crippen molar-refractivity contribution in [3.63, 3.8) is 0 Å². The molecule has 0 aliphatic carbocycles. The molecule has 1 N–H and O–H groups in total.